The Hall–Kier alpha value is -3.46. The Morgan fingerprint density at radius 2 is 1.59 bits per heavy atom. The van der Waals surface area contributed by atoms with Crippen LogP contribution >= 0.6 is 0 Å². The van der Waals surface area contributed by atoms with Gasteiger partial charge in [0.15, 0.2) is 0 Å². The summed E-state index contributed by atoms with van der Waals surface area (Å²) in [5.74, 6) is -0.513. The van der Waals surface area contributed by atoms with Gasteiger partial charge in [0.1, 0.15) is 5.82 Å². The number of nitrogens with one attached hydrogen (secondary N) is 2. The molecule has 0 radical (unpaired) electrons. The van der Waals surface area contributed by atoms with E-state index >= 15 is 0 Å². The number of pyridine rings is 1. The van der Waals surface area contributed by atoms with E-state index < -0.39 is 15.8 Å². The zero-order valence-corrected chi connectivity index (χ0v) is 16.0. The van der Waals surface area contributed by atoms with Gasteiger partial charge in [0.05, 0.1) is 4.90 Å². The fourth-order valence-corrected chi connectivity index (χ4v) is 4.07. The van der Waals surface area contributed by atoms with Gasteiger partial charge >= 0.3 is 6.03 Å². The van der Waals surface area contributed by atoms with E-state index in [1.165, 1.54) is 12.1 Å². The second-order valence-corrected chi connectivity index (χ2v) is 8.25. The second kappa shape index (κ2) is 7.51. The molecule has 148 valence electrons. The number of hydrogen-bond acceptors (Lipinski definition) is 4. The lowest BCUT2D eigenvalue weighted by Gasteiger charge is -2.16. The summed E-state index contributed by atoms with van der Waals surface area (Å²) in [5, 5.41) is 2.79. The van der Waals surface area contributed by atoms with Crippen LogP contribution in [0.4, 0.5) is 20.6 Å². The smallest absolute Gasteiger partial charge is 0.316 e. The number of urea groups is 1. The van der Waals surface area contributed by atoms with Crippen LogP contribution in [0, 0.1) is 5.82 Å². The van der Waals surface area contributed by atoms with Gasteiger partial charge < -0.3 is 10.2 Å². The molecule has 0 bridgehead atoms. The van der Waals surface area contributed by atoms with Crippen molar-refractivity contribution in [2.45, 2.75) is 18.0 Å². The molecule has 2 amide bonds. The Balaban J connectivity index is 1.39. The first-order valence-corrected chi connectivity index (χ1v) is 10.3. The van der Waals surface area contributed by atoms with Gasteiger partial charge in [-0.15, -0.1) is 0 Å². The fourth-order valence-electron chi connectivity index (χ4n) is 3.02. The fraction of sp³-hybridized carbons (Fsp3) is 0.100. The van der Waals surface area contributed by atoms with Crippen LogP contribution in [0.5, 0.6) is 0 Å². The average molecular weight is 412 g/mol. The highest BCUT2D eigenvalue weighted by atomic mass is 32.2. The molecule has 7 nitrogen and oxygen atoms in total. The van der Waals surface area contributed by atoms with Crippen LogP contribution in [0.1, 0.15) is 11.1 Å². The first-order valence-electron chi connectivity index (χ1n) is 8.77. The van der Waals surface area contributed by atoms with Gasteiger partial charge in [-0.25, -0.2) is 17.6 Å². The van der Waals surface area contributed by atoms with Crippen LogP contribution in [0.2, 0.25) is 0 Å². The lowest BCUT2D eigenvalue weighted by atomic mass is 10.2. The predicted molar refractivity (Wildman–Crippen MR) is 106 cm³/mol. The van der Waals surface area contributed by atoms with Crippen LogP contribution in [0.3, 0.4) is 0 Å². The zero-order chi connectivity index (χ0) is 20.4. The number of halogens is 1. The molecule has 0 atom stereocenters. The summed E-state index contributed by atoms with van der Waals surface area (Å²) in [7, 11) is -3.83. The van der Waals surface area contributed by atoms with Crippen molar-refractivity contribution in [1.29, 1.82) is 0 Å². The van der Waals surface area contributed by atoms with Crippen molar-refractivity contribution >= 4 is 27.4 Å². The molecule has 3 aromatic rings. The number of carbonyl (C=O) groups excluding carboxylic acids is 1. The van der Waals surface area contributed by atoms with Crippen LogP contribution in [-0.2, 0) is 23.1 Å². The average Bonchev–Trinajstić information content (AvgIpc) is 3.14. The number of rotatable bonds is 4. The van der Waals surface area contributed by atoms with Gasteiger partial charge in [-0.2, -0.15) is 0 Å². The molecular weight excluding hydrogens is 395 g/mol. The SMILES string of the molecule is O=C(Nc1ccc(NS(=O)(=O)c2ccc(F)cc2)cc1)N1Cc2ccncc2C1. The van der Waals surface area contributed by atoms with Crippen LogP contribution in [-0.4, -0.2) is 24.3 Å². The predicted octanol–water partition coefficient (Wildman–Crippen LogP) is 3.57. The summed E-state index contributed by atoms with van der Waals surface area (Å²) >= 11 is 0. The Morgan fingerprint density at radius 3 is 2.28 bits per heavy atom. The number of aromatic nitrogens is 1. The Morgan fingerprint density at radius 1 is 0.931 bits per heavy atom. The molecule has 1 aromatic heterocycles. The molecule has 1 aliphatic heterocycles. The highest BCUT2D eigenvalue weighted by Gasteiger charge is 2.23. The van der Waals surface area contributed by atoms with Crippen molar-refractivity contribution in [2.24, 2.45) is 0 Å². The molecule has 29 heavy (non-hydrogen) atoms. The quantitative estimate of drug-likeness (QED) is 0.685. The normalized spacial score (nSPS) is 13.1. The van der Waals surface area contributed by atoms with Crippen LogP contribution in [0.15, 0.2) is 71.9 Å². The van der Waals surface area contributed by atoms with E-state index in [-0.39, 0.29) is 10.9 Å². The van der Waals surface area contributed by atoms with Crippen molar-refractivity contribution in [3.05, 3.63) is 83.9 Å². The van der Waals surface area contributed by atoms with Crippen molar-refractivity contribution in [3.63, 3.8) is 0 Å². The van der Waals surface area contributed by atoms with Gasteiger partial charge in [0, 0.05) is 36.9 Å². The Bertz CT molecular complexity index is 1120. The summed E-state index contributed by atoms with van der Waals surface area (Å²) in [6.45, 7) is 1.00. The van der Waals surface area contributed by atoms with E-state index in [4.69, 9.17) is 0 Å². The lowest BCUT2D eigenvalue weighted by molar-refractivity contribution is 0.212. The summed E-state index contributed by atoms with van der Waals surface area (Å²) in [4.78, 5) is 18.1. The minimum atomic E-state index is -3.83. The minimum Gasteiger partial charge on any atom is -0.316 e. The van der Waals surface area contributed by atoms with E-state index in [1.807, 2.05) is 6.07 Å². The Labute approximate surface area is 167 Å². The van der Waals surface area contributed by atoms with Gasteiger partial charge in [0.2, 0.25) is 0 Å². The first kappa shape index (κ1) is 18.9. The first-order chi connectivity index (χ1) is 13.9. The highest BCUT2D eigenvalue weighted by molar-refractivity contribution is 7.92. The molecule has 4 rings (SSSR count). The summed E-state index contributed by atoms with van der Waals surface area (Å²) in [5.41, 5.74) is 2.95. The third kappa shape index (κ3) is 4.19. The monoisotopic (exact) mass is 412 g/mol. The molecule has 0 unspecified atom stereocenters. The van der Waals surface area contributed by atoms with Crippen molar-refractivity contribution < 1.29 is 17.6 Å². The maximum absolute atomic E-state index is 13.0. The third-order valence-electron chi connectivity index (χ3n) is 4.53. The van der Waals surface area contributed by atoms with Crippen LogP contribution in [0.25, 0.3) is 0 Å². The molecular formula is C20H17FN4O3S. The van der Waals surface area contributed by atoms with Crippen LogP contribution < -0.4 is 10.0 Å². The van der Waals surface area contributed by atoms with Gasteiger partial charge in [-0.3, -0.25) is 9.71 Å². The van der Waals surface area contributed by atoms with Crippen molar-refractivity contribution in [2.75, 3.05) is 10.0 Å². The maximum atomic E-state index is 13.0. The largest absolute Gasteiger partial charge is 0.322 e. The number of sulfonamides is 1. The second-order valence-electron chi connectivity index (χ2n) is 6.57. The van der Waals surface area contributed by atoms with E-state index in [9.17, 15) is 17.6 Å². The topological polar surface area (TPSA) is 91.4 Å². The highest BCUT2D eigenvalue weighted by Crippen LogP contribution is 2.23. The molecule has 2 heterocycles. The number of hydrogen-bond donors (Lipinski definition) is 2. The summed E-state index contributed by atoms with van der Waals surface area (Å²) < 4.78 is 40.1. The van der Waals surface area contributed by atoms with Gasteiger partial charge in [-0.05, 0) is 65.7 Å². The number of anilines is 2. The lowest BCUT2D eigenvalue weighted by Crippen LogP contribution is -2.30. The molecule has 0 saturated heterocycles. The van der Waals surface area contributed by atoms with E-state index in [0.29, 0.717) is 24.5 Å². The Kier molecular flexibility index (Phi) is 4.89. The third-order valence-corrected chi connectivity index (χ3v) is 5.92. The van der Waals surface area contributed by atoms with E-state index in [1.54, 1.807) is 41.6 Å². The van der Waals surface area contributed by atoms with Crippen molar-refractivity contribution in [3.8, 4) is 0 Å². The molecule has 0 saturated carbocycles. The molecule has 1 aliphatic rings. The van der Waals surface area contributed by atoms with E-state index in [2.05, 4.69) is 15.0 Å². The molecule has 2 N–H and O–H groups in total. The minimum absolute atomic E-state index is 0.0423. The molecule has 9 heteroatoms. The maximum Gasteiger partial charge on any atom is 0.322 e. The van der Waals surface area contributed by atoms with E-state index in [0.717, 1.165) is 23.3 Å². The number of benzene rings is 2. The number of carbonyl (C=O) groups is 1. The standard InChI is InChI=1S/C20H17FN4O3S/c21-16-1-7-19(8-2-16)29(27,28)24-18-5-3-17(4-6-18)23-20(26)25-12-14-9-10-22-11-15(14)13-25/h1-11,24H,12-13H2,(H,23,26). The molecule has 0 spiro atoms. The summed E-state index contributed by atoms with van der Waals surface area (Å²) in [6.07, 6.45) is 3.45. The van der Waals surface area contributed by atoms with Crippen molar-refractivity contribution in [1.82, 2.24) is 9.88 Å². The summed E-state index contributed by atoms with van der Waals surface area (Å²) in [6, 6.07) is 12.5. The molecule has 2 aromatic carbocycles. The zero-order valence-electron chi connectivity index (χ0n) is 15.2. The van der Waals surface area contributed by atoms with Gasteiger partial charge in [0.25, 0.3) is 10.0 Å². The number of nitrogens with zero attached hydrogens (tertiary/aromatic N) is 2. The number of amides is 2. The van der Waals surface area contributed by atoms with Gasteiger partial charge in [-0.1, -0.05) is 0 Å². The number of fused-ring (bicyclic) bond motifs is 1. The molecule has 0 aliphatic carbocycles. The molecule has 0 fully saturated rings.